The summed E-state index contributed by atoms with van der Waals surface area (Å²) in [6.07, 6.45) is 5.75. The van der Waals surface area contributed by atoms with Gasteiger partial charge in [-0.05, 0) is 19.8 Å². The average molecular weight is 365 g/mol. The van der Waals surface area contributed by atoms with E-state index in [-0.39, 0.29) is 0 Å². The Bertz CT molecular complexity index is 939. The molecule has 0 aliphatic carbocycles. The largest absolute Gasteiger partial charge is 0.356 e. The summed E-state index contributed by atoms with van der Waals surface area (Å²) in [5.41, 5.74) is 0.957. The van der Waals surface area contributed by atoms with Crippen molar-refractivity contribution in [2.24, 2.45) is 0 Å². The predicted molar refractivity (Wildman–Crippen MR) is 103 cm³/mol. The second kappa shape index (κ2) is 6.64. The van der Waals surface area contributed by atoms with Crippen LogP contribution < -0.4 is 14.7 Å². The van der Waals surface area contributed by atoms with Crippen molar-refractivity contribution >= 4 is 23.2 Å². The Morgan fingerprint density at radius 2 is 1.41 bits per heavy atom. The predicted octanol–water partition coefficient (Wildman–Crippen LogP) is 1.15. The number of aryl methyl sites for hydroxylation is 1. The molecule has 0 radical (unpaired) electrons. The van der Waals surface area contributed by atoms with Crippen molar-refractivity contribution in [1.82, 2.24) is 29.5 Å². The zero-order valence-electron chi connectivity index (χ0n) is 15.5. The maximum Gasteiger partial charge on any atom is 0.254 e. The van der Waals surface area contributed by atoms with Crippen LogP contribution in [0.5, 0.6) is 0 Å². The molecule has 0 bridgehead atoms. The number of anilines is 3. The van der Waals surface area contributed by atoms with Gasteiger partial charge < -0.3 is 14.7 Å². The Hall–Kier alpha value is -2.97. The van der Waals surface area contributed by atoms with Crippen LogP contribution in [0.1, 0.15) is 18.5 Å². The summed E-state index contributed by atoms with van der Waals surface area (Å²) in [6.45, 7) is 7.82. The topological polar surface area (TPSA) is 78.6 Å². The van der Waals surface area contributed by atoms with E-state index in [4.69, 9.17) is 0 Å². The average Bonchev–Trinajstić information content (AvgIpc) is 3.39. The van der Waals surface area contributed by atoms with Gasteiger partial charge in [-0.25, -0.2) is 15.0 Å². The maximum absolute atomic E-state index is 4.52. The molecule has 3 aromatic rings. The van der Waals surface area contributed by atoms with Gasteiger partial charge in [-0.2, -0.15) is 14.6 Å². The molecule has 3 aromatic heterocycles. The van der Waals surface area contributed by atoms with Gasteiger partial charge in [0, 0.05) is 57.1 Å². The Morgan fingerprint density at radius 1 is 0.741 bits per heavy atom. The van der Waals surface area contributed by atoms with Gasteiger partial charge in [0.05, 0.1) is 0 Å². The standard InChI is InChI=1S/C18H23N9/c1-14-10-17(27-18(23-14)21-13-22-27)26-8-6-25(7-9-26)16-11-15(19-12-20-16)24-4-2-3-5-24/h10-13H,2-9H2,1H3. The molecule has 9 nitrogen and oxygen atoms in total. The summed E-state index contributed by atoms with van der Waals surface area (Å²) >= 11 is 0. The summed E-state index contributed by atoms with van der Waals surface area (Å²) < 4.78 is 1.82. The van der Waals surface area contributed by atoms with Gasteiger partial charge in [-0.1, -0.05) is 0 Å². The highest BCUT2D eigenvalue weighted by molar-refractivity contribution is 5.53. The van der Waals surface area contributed by atoms with Crippen LogP contribution in [0.2, 0.25) is 0 Å². The highest BCUT2D eigenvalue weighted by Gasteiger charge is 2.22. The van der Waals surface area contributed by atoms with Crippen molar-refractivity contribution in [3.8, 4) is 0 Å². The molecule has 2 fully saturated rings. The quantitative estimate of drug-likeness (QED) is 0.684. The van der Waals surface area contributed by atoms with E-state index in [0.29, 0.717) is 5.78 Å². The van der Waals surface area contributed by atoms with Gasteiger partial charge >= 0.3 is 0 Å². The molecule has 140 valence electrons. The zero-order valence-corrected chi connectivity index (χ0v) is 15.5. The van der Waals surface area contributed by atoms with Gasteiger partial charge in [0.2, 0.25) is 0 Å². The normalized spacial score (nSPS) is 17.9. The second-order valence-electron chi connectivity index (χ2n) is 7.13. The van der Waals surface area contributed by atoms with Crippen LogP contribution in [0.3, 0.4) is 0 Å². The minimum Gasteiger partial charge on any atom is -0.356 e. The molecule has 0 aromatic carbocycles. The number of rotatable bonds is 3. The molecule has 0 N–H and O–H groups in total. The Morgan fingerprint density at radius 3 is 2.15 bits per heavy atom. The summed E-state index contributed by atoms with van der Waals surface area (Å²) in [4.78, 5) is 24.7. The van der Waals surface area contributed by atoms with E-state index in [1.807, 2.05) is 11.4 Å². The Balaban J connectivity index is 1.33. The second-order valence-corrected chi connectivity index (χ2v) is 7.13. The first-order valence-corrected chi connectivity index (χ1v) is 9.52. The Kier molecular flexibility index (Phi) is 3.99. The minimum atomic E-state index is 0.651. The number of hydrogen-bond donors (Lipinski definition) is 0. The number of nitrogens with zero attached hydrogens (tertiary/aromatic N) is 9. The molecule has 0 unspecified atom stereocenters. The lowest BCUT2D eigenvalue weighted by Gasteiger charge is -2.36. The molecule has 0 saturated carbocycles. The molecule has 2 aliphatic heterocycles. The van der Waals surface area contributed by atoms with Gasteiger partial charge in [0.25, 0.3) is 5.78 Å². The van der Waals surface area contributed by atoms with Gasteiger partial charge in [-0.15, -0.1) is 0 Å². The van der Waals surface area contributed by atoms with E-state index in [2.05, 4.69) is 51.9 Å². The fourth-order valence-corrected chi connectivity index (χ4v) is 3.93. The smallest absolute Gasteiger partial charge is 0.254 e. The van der Waals surface area contributed by atoms with Crippen LogP contribution in [0, 0.1) is 6.92 Å². The van der Waals surface area contributed by atoms with Crippen molar-refractivity contribution in [3.63, 3.8) is 0 Å². The molecule has 5 rings (SSSR count). The SMILES string of the molecule is Cc1cc(N2CCN(c3cc(N4CCCC4)ncn3)CC2)n2ncnc2n1. The summed E-state index contributed by atoms with van der Waals surface area (Å²) in [7, 11) is 0. The van der Waals surface area contributed by atoms with E-state index in [0.717, 1.165) is 62.4 Å². The van der Waals surface area contributed by atoms with Crippen LogP contribution in [0.15, 0.2) is 24.8 Å². The van der Waals surface area contributed by atoms with E-state index < -0.39 is 0 Å². The van der Waals surface area contributed by atoms with Crippen molar-refractivity contribution < 1.29 is 0 Å². The molecule has 0 atom stereocenters. The fourth-order valence-electron chi connectivity index (χ4n) is 3.93. The van der Waals surface area contributed by atoms with Crippen LogP contribution in [-0.2, 0) is 0 Å². The zero-order chi connectivity index (χ0) is 18.2. The summed E-state index contributed by atoms with van der Waals surface area (Å²) in [5, 5.41) is 4.33. The number of piperazine rings is 1. The van der Waals surface area contributed by atoms with Crippen LogP contribution >= 0.6 is 0 Å². The van der Waals surface area contributed by atoms with E-state index in [9.17, 15) is 0 Å². The molecular weight excluding hydrogens is 342 g/mol. The fraction of sp³-hybridized carbons (Fsp3) is 0.500. The minimum absolute atomic E-state index is 0.651. The first kappa shape index (κ1) is 16.2. The molecule has 5 heterocycles. The van der Waals surface area contributed by atoms with Gasteiger partial charge in [0.1, 0.15) is 30.1 Å². The highest BCUT2D eigenvalue weighted by Crippen LogP contribution is 2.24. The molecule has 2 saturated heterocycles. The lowest BCUT2D eigenvalue weighted by Crippen LogP contribution is -2.47. The lowest BCUT2D eigenvalue weighted by molar-refractivity contribution is 0.632. The third-order valence-corrected chi connectivity index (χ3v) is 5.36. The molecule has 27 heavy (non-hydrogen) atoms. The summed E-state index contributed by atoms with van der Waals surface area (Å²) in [6, 6.07) is 4.21. The van der Waals surface area contributed by atoms with Gasteiger partial charge in [-0.3, -0.25) is 0 Å². The highest BCUT2D eigenvalue weighted by atomic mass is 15.4. The monoisotopic (exact) mass is 365 g/mol. The summed E-state index contributed by atoms with van der Waals surface area (Å²) in [5.74, 6) is 3.77. The van der Waals surface area contributed by atoms with Crippen molar-refractivity contribution in [1.29, 1.82) is 0 Å². The van der Waals surface area contributed by atoms with E-state index in [1.54, 1.807) is 12.7 Å². The van der Waals surface area contributed by atoms with Gasteiger partial charge in [0.15, 0.2) is 0 Å². The number of aromatic nitrogens is 6. The van der Waals surface area contributed by atoms with Crippen molar-refractivity contribution in [3.05, 3.63) is 30.5 Å². The molecular formula is C18H23N9. The molecule has 0 amide bonds. The van der Waals surface area contributed by atoms with Crippen LogP contribution in [0.25, 0.3) is 5.78 Å². The van der Waals surface area contributed by atoms with Crippen molar-refractivity contribution in [2.75, 3.05) is 54.0 Å². The van der Waals surface area contributed by atoms with E-state index in [1.165, 1.54) is 12.8 Å². The molecule has 0 spiro atoms. The Labute approximate surface area is 157 Å². The number of fused-ring (bicyclic) bond motifs is 1. The number of hydrogen-bond acceptors (Lipinski definition) is 8. The molecule has 2 aliphatic rings. The van der Waals surface area contributed by atoms with E-state index >= 15 is 0 Å². The first-order chi connectivity index (χ1) is 13.3. The third-order valence-electron chi connectivity index (χ3n) is 5.36. The van der Waals surface area contributed by atoms with Crippen molar-refractivity contribution in [2.45, 2.75) is 19.8 Å². The van der Waals surface area contributed by atoms with Crippen LogP contribution in [-0.4, -0.2) is 68.8 Å². The first-order valence-electron chi connectivity index (χ1n) is 9.52. The lowest BCUT2D eigenvalue weighted by atomic mass is 10.3. The third kappa shape index (κ3) is 3.02. The van der Waals surface area contributed by atoms with Crippen LogP contribution in [0.4, 0.5) is 17.5 Å². The maximum atomic E-state index is 4.52. The molecule has 9 heteroatoms.